The highest BCUT2D eigenvalue weighted by atomic mass is 35.5. The first-order chi connectivity index (χ1) is 11.1. The molecule has 1 aliphatic carbocycles. The molecule has 7 nitrogen and oxygen atoms in total. The van der Waals surface area contributed by atoms with Crippen LogP contribution in [0.2, 0.25) is 0 Å². The van der Waals surface area contributed by atoms with Crippen LogP contribution < -0.4 is 22.2 Å². The second-order valence-electron chi connectivity index (χ2n) is 6.03. The van der Waals surface area contributed by atoms with E-state index in [9.17, 15) is 14.4 Å². The van der Waals surface area contributed by atoms with E-state index in [4.69, 9.17) is 5.73 Å². The van der Waals surface area contributed by atoms with E-state index >= 15 is 0 Å². The number of H-pyrrole nitrogens is 2. The van der Waals surface area contributed by atoms with Crippen LogP contribution in [0.15, 0.2) is 27.8 Å². The Hall–Kier alpha value is -2.12. The molecule has 1 aliphatic rings. The van der Waals surface area contributed by atoms with Crippen LogP contribution in [0.5, 0.6) is 0 Å². The molecule has 2 atom stereocenters. The first-order valence-electron chi connectivity index (χ1n) is 7.86. The summed E-state index contributed by atoms with van der Waals surface area (Å²) < 4.78 is 0. The lowest BCUT2D eigenvalue weighted by atomic mass is 9.84. The molecule has 8 heteroatoms. The van der Waals surface area contributed by atoms with E-state index in [1.807, 2.05) is 0 Å². The Balaban J connectivity index is 0.00000208. The fraction of sp³-hybridized carbons (Fsp3) is 0.438. The summed E-state index contributed by atoms with van der Waals surface area (Å²) in [6.07, 6.45) is 4.21. The Morgan fingerprint density at radius 3 is 2.50 bits per heavy atom. The maximum absolute atomic E-state index is 12.5. The molecule has 1 saturated carbocycles. The highest BCUT2D eigenvalue weighted by Crippen LogP contribution is 2.24. The van der Waals surface area contributed by atoms with Gasteiger partial charge in [-0.1, -0.05) is 12.8 Å². The number of rotatable bonds is 3. The third kappa shape index (κ3) is 3.68. The summed E-state index contributed by atoms with van der Waals surface area (Å²) in [5.74, 6) is 0.119. The number of amides is 1. The molecule has 0 saturated heterocycles. The predicted molar refractivity (Wildman–Crippen MR) is 94.7 cm³/mol. The van der Waals surface area contributed by atoms with E-state index in [1.54, 1.807) is 18.2 Å². The number of halogens is 1. The maximum atomic E-state index is 12.5. The van der Waals surface area contributed by atoms with Crippen molar-refractivity contribution in [3.8, 4) is 0 Å². The number of nitrogens with one attached hydrogen (secondary N) is 3. The molecule has 0 aliphatic heterocycles. The molecular formula is C16H21ClN4O3. The number of nitrogens with two attached hydrogens (primary N) is 1. The van der Waals surface area contributed by atoms with E-state index in [-0.39, 0.29) is 24.4 Å². The third-order valence-electron chi connectivity index (χ3n) is 4.51. The minimum Gasteiger partial charge on any atom is -0.349 e. The van der Waals surface area contributed by atoms with Gasteiger partial charge < -0.3 is 21.0 Å². The van der Waals surface area contributed by atoms with E-state index in [0.29, 0.717) is 29.1 Å². The minimum atomic E-state index is -0.731. The average Bonchev–Trinajstić information content (AvgIpc) is 2.56. The van der Waals surface area contributed by atoms with E-state index in [1.165, 1.54) is 0 Å². The predicted octanol–water partition coefficient (Wildman–Crippen LogP) is 0.886. The topological polar surface area (TPSA) is 121 Å². The van der Waals surface area contributed by atoms with Crippen LogP contribution >= 0.6 is 12.4 Å². The summed E-state index contributed by atoms with van der Waals surface area (Å²) in [5, 5.41) is 3.04. The summed E-state index contributed by atoms with van der Waals surface area (Å²) in [6, 6.07) is 4.91. The smallest absolute Gasteiger partial charge is 0.314 e. The SMILES string of the molecule is Cl.NCC1CCCCC1NC(=O)c1ccc2[nH]c(=O)c(=O)[nH]c2c1. The van der Waals surface area contributed by atoms with Gasteiger partial charge in [0.15, 0.2) is 0 Å². The van der Waals surface area contributed by atoms with E-state index in [2.05, 4.69) is 15.3 Å². The van der Waals surface area contributed by atoms with Gasteiger partial charge in [0.25, 0.3) is 5.91 Å². The molecule has 0 bridgehead atoms. The summed E-state index contributed by atoms with van der Waals surface area (Å²) >= 11 is 0. The zero-order chi connectivity index (χ0) is 16.4. The number of aromatic nitrogens is 2. The highest BCUT2D eigenvalue weighted by Gasteiger charge is 2.25. The zero-order valence-corrected chi connectivity index (χ0v) is 13.9. The van der Waals surface area contributed by atoms with Crippen molar-refractivity contribution in [2.24, 2.45) is 11.7 Å². The summed E-state index contributed by atoms with van der Waals surface area (Å²) in [5.41, 5.74) is 5.72. The van der Waals surface area contributed by atoms with Crippen molar-refractivity contribution in [2.75, 3.05) is 6.54 Å². The van der Waals surface area contributed by atoms with Gasteiger partial charge in [0.05, 0.1) is 11.0 Å². The van der Waals surface area contributed by atoms with Crippen molar-refractivity contribution in [1.82, 2.24) is 15.3 Å². The van der Waals surface area contributed by atoms with Crippen LogP contribution in [0.1, 0.15) is 36.0 Å². The Morgan fingerprint density at radius 2 is 1.79 bits per heavy atom. The Kier molecular flexibility index (Phi) is 5.80. The number of carbonyl (C=O) groups is 1. The number of carbonyl (C=O) groups excluding carboxylic acids is 1. The molecule has 2 aromatic rings. The summed E-state index contributed by atoms with van der Waals surface area (Å²) in [7, 11) is 0. The van der Waals surface area contributed by atoms with Crippen LogP contribution in [-0.4, -0.2) is 28.5 Å². The lowest BCUT2D eigenvalue weighted by Gasteiger charge is -2.31. The standard InChI is InChI=1S/C16H20N4O3.ClH/c17-8-10-3-1-2-4-11(10)18-14(21)9-5-6-12-13(7-9)20-16(23)15(22)19-12;/h5-7,10-11H,1-4,8,17H2,(H,18,21)(H,19,22)(H,20,23);1H. The van der Waals surface area contributed by atoms with Gasteiger partial charge in [0.1, 0.15) is 0 Å². The Morgan fingerprint density at radius 1 is 1.12 bits per heavy atom. The highest BCUT2D eigenvalue weighted by molar-refractivity contribution is 5.97. The van der Waals surface area contributed by atoms with Crippen molar-refractivity contribution in [3.05, 3.63) is 44.5 Å². The fourth-order valence-electron chi connectivity index (χ4n) is 3.19. The quantitative estimate of drug-likeness (QED) is 0.613. The van der Waals surface area contributed by atoms with Crippen molar-refractivity contribution >= 4 is 29.3 Å². The molecule has 130 valence electrons. The molecule has 2 unspecified atom stereocenters. The van der Waals surface area contributed by atoms with Gasteiger partial charge in [0.2, 0.25) is 0 Å². The second-order valence-corrected chi connectivity index (χ2v) is 6.03. The van der Waals surface area contributed by atoms with Gasteiger partial charge in [0, 0.05) is 11.6 Å². The van der Waals surface area contributed by atoms with Crippen molar-refractivity contribution in [3.63, 3.8) is 0 Å². The number of hydrogen-bond donors (Lipinski definition) is 4. The summed E-state index contributed by atoms with van der Waals surface area (Å²) in [6.45, 7) is 0.567. The normalized spacial score (nSPS) is 20.4. The third-order valence-corrected chi connectivity index (χ3v) is 4.51. The first kappa shape index (κ1) is 18.2. The van der Waals surface area contributed by atoms with Crippen molar-refractivity contribution in [2.45, 2.75) is 31.7 Å². The molecule has 1 fully saturated rings. The molecule has 0 radical (unpaired) electrons. The molecule has 5 N–H and O–H groups in total. The zero-order valence-electron chi connectivity index (χ0n) is 13.1. The van der Waals surface area contributed by atoms with Gasteiger partial charge in [-0.05, 0) is 43.5 Å². The van der Waals surface area contributed by atoms with Gasteiger partial charge in [-0.3, -0.25) is 14.4 Å². The monoisotopic (exact) mass is 352 g/mol. The van der Waals surface area contributed by atoms with E-state index in [0.717, 1.165) is 25.7 Å². The minimum absolute atomic E-state index is 0. The number of aromatic amines is 2. The summed E-state index contributed by atoms with van der Waals surface area (Å²) in [4.78, 5) is 40.1. The number of benzene rings is 1. The number of hydrogen-bond acceptors (Lipinski definition) is 4. The van der Waals surface area contributed by atoms with Gasteiger partial charge in [-0.15, -0.1) is 12.4 Å². The van der Waals surface area contributed by atoms with Gasteiger partial charge in [-0.25, -0.2) is 0 Å². The molecule has 3 rings (SSSR count). The van der Waals surface area contributed by atoms with Crippen LogP contribution in [0.25, 0.3) is 11.0 Å². The second kappa shape index (κ2) is 7.63. The molecule has 1 amide bonds. The van der Waals surface area contributed by atoms with E-state index < -0.39 is 11.1 Å². The molecule has 1 heterocycles. The fourth-order valence-corrected chi connectivity index (χ4v) is 3.19. The number of fused-ring (bicyclic) bond motifs is 1. The largest absolute Gasteiger partial charge is 0.349 e. The lowest BCUT2D eigenvalue weighted by molar-refractivity contribution is 0.0908. The van der Waals surface area contributed by atoms with Crippen LogP contribution in [0.4, 0.5) is 0 Å². The van der Waals surface area contributed by atoms with Crippen LogP contribution in [0, 0.1) is 5.92 Å². The molecule has 1 aromatic carbocycles. The van der Waals surface area contributed by atoms with Crippen molar-refractivity contribution in [1.29, 1.82) is 0 Å². The molecular weight excluding hydrogens is 332 g/mol. The van der Waals surface area contributed by atoms with Crippen LogP contribution in [-0.2, 0) is 0 Å². The van der Waals surface area contributed by atoms with Gasteiger partial charge >= 0.3 is 11.1 Å². The Bertz CT molecular complexity index is 845. The van der Waals surface area contributed by atoms with Crippen LogP contribution in [0.3, 0.4) is 0 Å². The maximum Gasteiger partial charge on any atom is 0.314 e. The van der Waals surface area contributed by atoms with Gasteiger partial charge in [-0.2, -0.15) is 0 Å². The molecule has 1 aromatic heterocycles. The molecule has 24 heavy (non-hydrogen) atoms. The molecule has 0 spiro atoms. The average molecular weight is 353 g/mol. The lowest BCUT2D eigenvalue weighted by Crippen LogP contribution is -2.44. The van der Waals surface area contributed by atoms with Crippen molar-refractivity contribution < 1.29 is 4.79 Å². The first-order valence-corrected chi connectivity index (χ1v) is 7.86. The Labute approximate surface area is 144 Å².